The zero-order valence-electron chi connectivity index (χ0n) is 12.1. The average Bonchev–Trinajstić information content (AvgIpc) is 2.37. The second-order valence-electron chi connectivity index (χ2n) is 5.14. The van der Waals surface area contributed by atoms with E-state index in [1.165, 1.54) is 12.8 Å². The van der Waals surface area contributed by atoms with Gasteiger partial charge in [-0.15, -0.1) is 0 Å². The van der Waals surface area contributed by atoms with Gasteiger partial charge in [0.05, 0.1) is 13.0 Å². The van der Waals surface area contributed by atoms with E-state index in [1.54, 1.807) is 0 Å². The summed E-state index contributed by atoms with van der Waals surface area (Å²) in [5.41, 5.74) is 0. The van der Waals surface area contributed by atoms with Crippen LogP contribution in [-0.4, -0.2) is 49.7 Å². The second kappa shape index (κ2) is 8.48. The number of nitrogens with zero attached hydrogens (tertiary/aromatic N) is 1. The van der Waals surface area contributed by atoms with Crippen LogP contribution >= 0.6 is 0 Å². The first-order valence-electron chi connectivity index (χ1n) is 7.27. The third kappa shape index (κ3) is 5.36. The van der Waals surface area contributed by atoms with Crippen LogP contribution in [0, 0.1) is 5.92 Å². The van der Waals surface area contributed by atoms with Gasteiger partial charge in [-0.25, -0.2) is 0 Å². The van der Waals surface area contributed by atoms with Crippen molar-refractivity contribution >= 4 is 5.97 Å². The quantitative estimate of drug-likeness (QED) is 0.703. The molecule has 4 heteroatoms. The van der Waals surface area contributed by atoms with Gasteiger partial charge < -0.3 is 15.0 Å². The largest absolute Gasteiger partial charge is 0.466 e. The van der Waals surface area contributed by atoms with Crippen LogP contribution in [0.15, 0.2) is 0 Å². The molecule has 1 unspecified atom stereocenters. The van der Waals surface area contributed by atoms with Gasteiger partial charge in [0.15, 0.2) is 0 Å². The van der Waals surface area contributed by atoms with Gasteiger partial charge in [-0.3, -0.25) is 4.79 Å². The van der Waals surface area contributed by atoms with Gasteiger partial charge in [0.25, 0.3) is 0 Å². The van der Waals surface area contributed by atoms with E-state index in [-0.39, 0.29) is 12.0 Å². The fraction of sp³-hybridized carbons (Fsp3) is 0.929. The minimum Gasteiger partial charge on any atom is -0.466 e. The first kappa shape index (κ1) is 15.4. The number of rotatable bonds is 7. The maximum atomic E-state index is 11.5. The maximum Gasteiger partial charge on any atom is 0.307 e. The molecule has 1 fully saturated rings. The van der Waals surface area contributed by atoms with Crippen molar-refractivity contribution in [1.29, 1.82) is 0 Å². The Kier molecular flexibility index (Phi) is 7.28. The van der Waals surface area contributed by atoms with Crippen molar-refractivity contribution in [3.05, 3.63) is 0 Å². The molecular weight excluding hydrogens is 228 g/mol. The third-order valence-electron chi connectivity index (χ3n) is 3.75. The lowest BCUT2D eigenvalue weighted by molar-refractivity contribution is -0.144. The Morgan fingerprint density at radius 1 is 1.39 bits per heavy atom. The van der Waals surface area contributed by atoms with Crippen LogP contribution in [-0.2, 0) is 9.53 Å². The van der Waals surface area contributed by atoms with E-state index in [9.17, 15) is 4.79 Å². The molecule has 0 bridgehead atoms. The van der Waals surface area contributed by atoms with E-state index >= 15 is 0 Å². The average molecular weight is 256 g/mol. The molecule has 1 rings (SSSR count). The summed E-state index contributed by atoms with van der Waals surface area (Å²) in [6.45, 7) is 11.0. The summed E-state index contributed by atoms with van der Waals surface area (Å²) in [7, 11) is 0. The number of nitrogens with one attached hydrogen (secondary N) is 1. The SMILES string of the molecule is CCOC(=O)CC(C)N(CC)CC1CCNCC1. The van der Waals surface area contributed by atoms with E-state index in [0.29, 0.717) is 13.0 Å². The van der Waals surface area contributed by atoms with Crippen LogP contribution in [0.1, 0.15) is 40.0 Å². The summed E-state index contributed by atoms with van der Waals surface area (Å²) in [5.74, 6) is 0.699. The van der Waals surface area contributed by atoms with Crippen LogP contribution < -0.4 is 5.32 Å². The molecule has 0 spiro atoms. The number of hydrogen-bond acceptors (Lipinski definition) is 4. The molecule has 0 aromatic carbocycles. The lowest BCUT2D eigenvalue weighted by Crippen LogP contribution is -2.41. The fourth-order valence-electron chi connectivity index (χ4n) is 2.61. The van der Waals surface area contributed by atoms with Crippen molar-refractivity contribution in [3.63, 3.8) is 0 Å². The highest BCUT2D eigenvalue weighted by Gasteiger charge is 2.21. The van der Waals surface area contributed by atoms with Crippen LogP contribution in [0.5, 0.6) is 0 Å². The van der Waals surface area contributed by atoms with Gasteiger partial charge in [-0.1, -0.05) is 6.92 Å². The molecule has 0 saturated carbocycles. The molecule has 0 radical (unpaired) electrons. The highest BCUT2D eigenvalue weighted by molar-refractivity contribution is 5.70. The van der Waals surface area contributed by atoms with Crippen molar-refractivity contribution in [2.75, 3.05) is 32.8 Å². The lowest BCUT2D eigenvalue weighted by atomic mass is 9.96. The summed E-state index contributed by atoms with van der Waals surface area (Å²) in [6, 6.07) is 0.281. The first-order chi connectivity index (χ1) is 8.67. The molecule has 1 aliphatic heterocycles. The molecule has 1 saturated heterocycles. The monoisotopic (exact) mass is 256 g/mol. The van der Waals surface area contributed by atoms with Gasteiger partial charge in [0, 0.05) is 12.6 Å². The van der Waals surface area contributed by atoms with E-state index in [0.717, 1.165) is 32.1 Å². The lowest BCUT2D eigenvalue weighted by Gasteiger charge is -2.33. The summed E-state index contributed by atoms with van der Waals surface area (Å²) < 4.78 is 5.02. The zero-order chi connectivity index (χ0) is 13.4. The highest BCUT2D eigenvalue weighted by atomic mass is 16.5. The van der Waals surface area contributed by atoms with E-state index < -0.39 is 0 Å². The molecule has 0 aliphatic carbocycles. The van der Waals surface area contributed by atoms with Crippen molar-refractivity contribution in [3.8, 4) is 0 Å². The maximum absolute atomic E-state index is 11.5. The van der Waals surface area contributed by atoms with Crippen molar-refractivity contribution in [1.82, 2.24) is 10.2 Å². The third-order valence-corrected chi connectivity index (χ3v) is 3.75. The summed E-state index contributed by atoms with van der Waals surface area (Å²) >= 11 is 0. The van der Waals surface area contributed by atoms with Gasteiger partial charge in [-0.2, -0.15) is 0 Å². The van der Waals surface area contributed by atoms with E-state index in [1.807, 2.05) is 6.92 Å². The van der Waals surface area contributed by atoms with Crippen molar-refractivity contribution in [2.45, 2.75) is 46.1 Å². The second-order valence-corrected chi connectivity index (χ2v) is 5.14. The number of hydrogen-bond donors (Lipinski definition) is 1. The molecule has 0 aromatic heterocycles. The van der Waals surface area contributed by atoms with Gasteiger partial charge in [0.1, 0.15) is 0 Å². The Bertz CT molecular complexity index is 240. The Balaban J connectivity index is 2.36. The predicted molar refractivity (Wildman–Crippen MR) is 73.6 cm³/mol. The van der Waals surface area contributed by atoms with Gasteiger partial charge >= 0.3 is 5.97 Å². The Hall–Kier alpha value is -0.610. The number of esters is 1. The Morgan fingerprint density at radius 2 is 2.06 bits per heavy atom. The standard InChI is InChI=1S/C14H28N2O2/c1-4-16(11-13-6-8-15-9-7-13)12(3)10-14(17)18-5-2/h12-13,15H,4-11H2,1-3H3. The van der Waals surface area contributed by atoms with Crippen LogP contribution in [0.3, 0.4) is 0 Å². The summed E-state index contributed by atoms with van der Waals surface area (Å²) in [5, 5.41) is 3.39. The number of carbonyl (C=O) groups excluding carboxylic acids is 1. The first-order valence-corrected chi connectivity index (χ1v) is 7.27. The van der Waals surface area contributed by atoms with Crippen LogP contribution in [0.2, 0.25) is 0 Å². The molecular formula is C14H28N2O2. The zero-order valence-corrected chi connectivity index (χ0v) is 12.1. The Morgan fingerprint density at radius 3 is 2.61 bits per heavy atom. The minimum atomic E-state index is -0.0752. The number of piperidine rings is 1. The summed E-state index contributed by atoms with van der Waals surface area (Å²) in [6.07, 6.45) is 3.01. The number of carbonyl (C=O) groups is 1. The van der Waals surface area contributed by atoms with Crippen LogP contribution in [0.4, 0.5) is 0 Å². The predicted octanol–water partition coefficient (Wildman–Crippen LogP) is 1.65. The topological polar surface area (TPSA) is 41.6 Å². The number of ether oxygens (including phenoxy) is 1. The van der Waals surface area contributed by atoms with Gasteiger partial charge in [0.2, 0.25) is 0 Å². The Labute approximate surface area is 111 Å². The minimum absolute atomic E-state index is 0.0752. The van der Waals surface area contributed by atoms with Gasteiger partial charge in [-0.05, 0) is 52.2 Å². The highest BCUT2D eigenvalue weighted by Crippen LogP contribution is 2.16. The summed E-state index contributed by atoms with van der Waals surface area (Å²) in [4.78, 5) is 13.9. The molecule has 0 aromatic rings. The molecule has 4 nitrogen and oxygen atoms in total. The van der Waals surface area contributed by atoms with Crippen molar-refractivity contribution < 1.29 is 9.53 Å². The van der Waals surface area contributed by atoms with E-state index in [2.05, 4.69) is 24.1 Å². The normalized spacial score (nSPS) is 18.9. The molecule has 0 amide bonds. The smallest absolute Gasteiger partial charge is 0.307 e. The fourth-order valence-corrected chi connectivity index (χ4v) is 2.61. The molecule has 1 N–H and O–H groups in total. The molecule has 1 heterocycles. The molecule has 18 heavy (non-hydrogen) atoms. The molecule has 1 atom stereocenters. The van der Waals surface area contributed by atoms with Crippen molar-refractivity contribution in [2.24, 2.45) is 5.92 Å². The molecule has 1 aliphatic rings. The van der Waals surface area contributed by atoms with Crippen LogP contribution in [0.25, 0.3) is 0 Å². The molecule has 106 valence electrons. The van der Waals surface area contributed by atoms with E-state index in [4.69, 9.17) is 4.74 Å².